The Balaban J connectivity index is 1.99. The van der Waals surface area contributed by atoms with Crippen molar-refractivity contribution in [2.75, 3.05) is 38.7 Å². The van der Waals surface area contributed by atoms with Gasteiger partial charge in [-0.2, -0.15) is 0 Å². The van der Waals surface area contributed by atoms with Crippen LogP contribution in [-0.2, 0) is 10.0 Å². The summed E-state index contributed by atoms with van der Waals surface area (Å²) in [6, 6.07) is 8.77. The molecule has 1 aromatic carbocycles. The van der Waals surface area contributed by atoms with E-state index in [4.69, 9.17) is 9.47 Å². The number of rotatable bonds is 10. The fourth-order valence-electron chi connectivity index (χ4n) is 2.30. The van der Waals surface area contributed by atoms with Gasteiger partial charge in [0.25, 0.3) is 0 Å². The molecular weight excluding hydrogens is 400 g/mol. The van der Waals surface area contributed by atoms with Crippen LogP contribution in [0, 0.1) is 0 Å². The van der Waals surface area contributed by atoms with Crippen LogP contribution in [0.5, 0.6) is 11.5 Å². The van der Waals surface area contributed by atoms with Gasteiger partial charge in [0.05, 0.1) is 20.3 Å². The second-order valence-corrected chi connectivity index (χ2v) is 8.46. The highest BCUT2D eigenvalue weighted by Crippen LogP contribution is 2.30. The van der Waals surface area contributed by atoms with E-state index in [0.717, 1.165) is 5.69 Å². The summed E-state index contributed by atoms with van der Waals surface area (Å²) in [6.07, 6.45) is 0. The Morgan fingerprint density at radius 2 is 2.04 bits per heavy atom. The highest BCUT2D eigenvalue weighted by molar-refractivity contribution is 7.91. The summed E-state index contributed by atoms with van der Waals surface area (Å²) in [5.41, 5.74) is 0.781. The Morgan fingerprint density at radius 3 is 2.68 bits per heavy atom. The predicted octanol–water partition coefficient (Wildman–Crippen LogP) is 2.51. The van der Waals surface area contributed by atoms with E-state index in [0.29, 0.717) is 34.8 Å². The van der Waals surface area contributed by atoms with E-state index >= 15 is 0 Å². The normalized spacial score (nSPS) is 11.9. The zero-order valence-corrected chi connectivity index (χ0v) is 17.8. The van der Waals surface area contributed by atoms with Gasteiger partial charge in [0, 0.05) is 24.8 Å². The minimum absolute atomic E-state index is 0.198. The molecule has 0 amide bonds. The zero-order chi connectivity index (χ0) is 20.4. The third-order valence-corrected chi connectivity index (χ3v) is 6.36. The van der Waals surface area contributed by atoms with Gasteiger partial charge in [0.2, 0.25) is 10.0 Å². The maximum Gasteiger partial charge on any atom is 0.250 e. The van der Waals surface area contributed by atoms with Crippen molar-refractivity contribution in [3.63, 3.8) is 0 Å². The van der Waals surface area contributed by atoms with Gasteiger partial charge in [-0.3, -0.25) is 4.99 Å². The second kappa shape index (κ2) is 10.9. The number of guanidine groups is 1. The quantitative estimate of drug-likeness (QED) is 0.307. The number of ether oxygens (including phenoxy) is 2. The molecule has 28 heavy (non-hydrogen) atoms. The third kappa shape index (κ3) is 6.39. The van der Waals surface area contributed by atoms with Crippen LogP contribution in [0.4, 0.5) is 5.69 Å². The smallest absolute Gasteiger partial charge is 0.250 e. The summed E-state index contributed by atoms with van der Waals surface area (Å²) >= 11 is 1.18. The standard InChI is InChI=1S/C18H26N4O4S2/c1-4-19-18(20-10-11-21-28(23,24)17-7-6-12-27-17)22-14-8-9-15(25-3)16(13-14)26-5-2/h6-9,12-13,21H,4-5,10-11H2,1-3H3,(H2,19,20,22). The zero-order valence-electron chi connectivity index (χ0n) is 16.2. The molecular formula is C18H26N4O4S2. The number of anilines is 1. The van der Waals surface area contributed by atoms with Crippen LogP contribution in [0.3, 0.4) is 0 Å². The summed E-state index contributed by atoms with van der Waals surface area (Å²) in [7, 11) is -1.89. The maximum atomic E-state index is 12.1. The fourth-order valence-corrected chi connectivity index (χ4v) is 4.36. The molecule has 2 aromatic rings. The first kappa shape index (κ1) is 22.0. The van der Waals surface area contributed by atoms with E-state index < -0.39 is 10.0 Å². The Bertz CT molecular complexity index is 868. The van der Waals surface area contributed by atoms with E-state index in [2.05, 4.69) is 20.3 Å². The van der Waals surface area contributed by atoms with Gasteiger partial charge in [0.1, 0.15) is 4.21 Å². The average Bonchev–Trinajstić information content (AvgIpc) is 3.22. The van der Waals surface area contributed by atoms with Gasteiger partial charge in [-0.05, 0) is 37.4 Å². The van der Waals surface area contributed by atoms with E-state index in [1.165, 1.54) is 11.3 Å². The number of nitrogens with one attached hydrogen (secondary N) is 3. The Morgan fingerprint density at radius 1 is 1.21 bits per heavy atom. The molecule has 0 unspecified atom stereocenters. The first-order valence-corrected chi connectivity index (χ1v) is 11.3. The largest absolute Gasteiger partial charge is 0.493 e. The van der Waals surface area contributed by atoms with Gasteiger partial charge in [-0.25, -0.2) is 13.1 Å². The van der Waals surface area contributed by atoms with Crippen LogP contribution in [0.25, 0.3) is 0 Å². The number of hydrogen-bond donors (Lipinski definition) is 3. The molecule has 0 atom stereocenters. The highest BCUT2D eigenvalue weighted by Gasteiger charge is 2.13. The first-order valence-electron chi connectivity index (χ1n) is 8.89. The number of sulfonamides is 1. The highest BCUT2D eigenvalue weighted by atomic mass is 32.2. The number of methoxy groups -OCH3 is 1. The van der Waals surface area contributed by atoms with Gasteiger partial charge in [0.15, 0.2) is 17.5 Å². The van der Waals surface area contributed by atoms with Crippen molar-refractivity contribution in [3.8, 4) is 11.5 Å². The molecule has 154 valence electrons. The second-order valence-electron chi connectivity index (χ2n) is 5.51. The Labute approximate surface area is 170 Å². The summed E-state index contributed by atoms with van der Waals surface area (Å²) in [6.45, 7) is 5.54. The molecule has 0 aliphatic carbocycles. The van der Waals surface area contributed by atoms with Crippen molar-refractivity contribution in [2.45, 2.75) is 18.1 Å². The molecule has 1 aromatic heterocycles. The molecule has 3 N–H and O–H groups in total. The molecule has 0 bridgehead atoms. The van der Waals surface area contributed by atoms with Crippen LogP contribution in [0.15, 0.2) is 44.9 Å². The van der Waals surface area contributed by atoms with Gasteiger partial charge in [-0.1, -0.05) is 6.07 Å². The first-order chi connectivity index (χ1) is 13.5. The van der Waals surface area contributed by atoms with Crippen molar-refractivity contribution in [1.29, 1.82) is 0 Å². The topological polar surface area (TPSA) is 101 Å². The van der Waals surface area contributed by atoms with Crippen LogP contribution in [-0.4, -0.2) is 47.7 Å². The molecule has 0 radical (unpaired) electrons. The van der Waals surface area contributed by atoms with E-state index in [1.807, 2.05) is 32.0 Å². The molecule has 0 aliphatic heterocycles. The number of benzene rings is 1. The number of aliphatic imine (C=N–C) groups is 1. The van der Waals surface area contributed by atoms with Crippen molar-refractivity contribution in [1.82, 2.24) is 10.0 Å². The van der Waals surface area contributed by atoms with Gasteiger partial charge >= 0.3 is 0 Å². The number of hydrogen-bond acceptors (Lipinski definition) is 6. The van der Waals surface area contributed by atoms with Gasteiger partial charge in [-0.15, -0.1) is 11.3 Å². The lowest BCUT2D eigenvalue weighted by Gasteiger charge is -2.14. The fraction of sp³-hybridized carbons (Fsp3) is 0.389. The Kier molecular flexibility index (Phi) is 8.55. The predicted molar refractivity (Wildman–Crippen MR) is 113 cm³/mol. The summed E-state index contributed by atoms with van der Waals surface area (Å²) < 4.78 is 37.9. The lowest BCUT2D eigenvalue weighted by atomic mass is 10.2. The summed E-state index contributed by atoms with van der Waals surface area (Å²) in [4.78, 5) is 4.41. The monoisotopic (exact) mass is 426 g/mol. The van der Waals surface area contributed by atoms with E-state index in [1.54, 1.807) is 24.6 Å². The lowest BCUT2D eigenvalue weighted by molar-refractivity contribution is 0.311. The van der Waals surface area contributed by atoms with Crippen molar-refractivity contribution >= 4 is 33.0 Å². The van der Waals surface area contributed by atoms with Crippen LogP contribution in [0.2, 0.25) is 0 Å². The van der Waals surface area contributed by atoms with Gasteiger partial charge < -0.3 is 20.1 Å². The molecule has 0 saturated carbocycles. The minimum Gasteiger partial charge on any atom is -0.493 e. The molecule has 0 saturated heterocycles. The summed E-state index contributed by atoms with van der Waals surface area (Å²) in [5.74, 6) is 1.83. The molecule has 10 heteroatoms. The van der Waals surface area contributed by atoms with Crippen molar-refractivity contribution < 1.29 is 17.9 Å². The number of nitrogens with zero attached hydrogens (tertiary/aromatic N) is 1. The summed E-state index contributed by atoms with van der Waals surface area (Å²) in [5, 5.41) is 8.04. The molecule has 8 nitrogen and oxygen atoms in total. The molecule has 1 heterocycles. The lowest BCUT2D eigenvalue weighted by Crippen LogP contribution is -2.32. The molecule has 2 rings (SSSR count). The SMILES string of the molecule is CCNC(=NCCNS(=O)(=O)c1cccs1)Nc1ccc(OC)c(OCC)c1. The van der Waals surface area contributed by atoms with Crippen molar-refractivity contribution in [2.24, 2.45) is 4.99 Å². The van der Waals surface area contributed by atoms with E-state index in [-0.39, 0.29) is 13.1 Å². The minimum atomic E-state index is -3.48. The van der Waals surface area contributed by atoms with Crippen LogP contribution >= 0.6 is 11.3 Å². The molecule has 0 fully saturated rings. The van der Waals surface area contributed by atoms with Crippen molar-refractivity contribution in [3.05, 3.63) is 35.7 Å². The average molecular weight is 427 g/mol. The molecule has 0 aliphatic rings. The Hall–Kier alpha value is -2.30. The van der Waals surface area contributed by atoms with E-state index in [9.17, 15) is 8.42 Å². The number of thiophene rings is 1. The maximum absolute atomic E-state index is 12.1. The van der Waals surface area contributed by atoms with Crippen LogP contribution in [0.1, 0.15) is 13.8 Å². The third-order valence-electron chi connectivity index (χ3n) is 3.50. The van der Waals surface area contributed by atoms with Crippen LogP contribution < -0.4 is 24.8 Å². The molecule has 0 spiro atoms.